The number of hydrogen-bond acceptors (Lipinski definition) is 3. The SMILES string of the molecule is Cc1ccc2oc(-c3cc(NC(=O)C4CCC4)ccc3Cl)nc2c1. The number of halogens is 1. The van der Waals surface area contributed by atoms with Crippen LogP contribution in [0.5, 0.6) is 0 Å². The molecule has 1 fully saturated rings. The van der Waals surface area contributed by atoms with Gasteiger partial charge in [0.2, 0.25) is 11.8 Å². The van der Waals surface area contributed by atoms with Crippen molar-refractivity contribution < 1.29 is 9.21 Å². The molecule has 0 aliphatic heterocycles. The lowest BCUT2D eigenvalue weighted by Gasteiger charge is -2.24. The second-order valence-electron chi connectivity index (χ2n) is 6.30. The summed E-state index contributed by atoms with van der Waals surface area (Å²) in [5.74, 6) is 0.666. The number of anilines is 1. The van der Waals surface area contributed by atoms with Gasteiger partial charge in [0.05, 0.1) is 10.6 Å². The van der Waals surface area contributed by atoms with Crippen LogP contribution in [0.3, 0.4) is 0 Å². The molecule has 1 saturated carbocycles. The predicted octanol–water partition coefficient (Wildman–Crippen LogP) is 5.20. The minimum atomic E-state index is 0.0720. The molecule has 4 rings (SSSR count). The van der Waals surface area contributed by atoms with Crippen molar-refractivity contribution in [3.05, 3.63) is 47.0 Å². The summed E-state index contributed by atoms with van der Waals surface area (Å²) >= 11 is 6.31. The molecule has 1 amide bonds. The number of fused-ring (bicyclic) bond motifs is 1. The number of carbonyl (C=O) groups excluding carboxylic acids is 1. The van der Waals surface area contributed by atoms with Crippen LogP contribution in [-0.4, -0.2) is 10.9 Å². The Labute approximate surface area is 144 Å². The first-order valence-corrected chi connectivity index (χ1v) is 8.46. The van der Waals surface area contributed by atoms with E-state index in [-0.39, 0.29) is 11.8 Å². The van der Waals surface area contributed by atoms with Crippen LogP contribution in [0.15, 0.2) is 40.8 Å². The maximum absolute atomic E-state index is 12.1. The first-order valence-electron chi connectivity index (χ1n) is 8.08. The van der Waals surface area contributed by atoms with Crippen molar-refractivity contribution in [3.8, 4) is 11.5 Å². The Bertz CT molecular complexity index is 928. The molecule has 2 aromatic carbocycles. The van der Waals surface area contributed by atoms with E-state index in [1.54, 1.807) is 12.1 Å². The van der Waals surface area contributed by atoms with Crippen LogP contribution in [0.1, 0.15) is 24.8 Å². The summed E-state index contributed by atoms with van der Waals surface area (Å²) in [6.07, 6.45) is 3.07. The number of rotatable bonds is 3. The van der Waals surface area contributed by atoms with Gasteiger partial charge in [-0.25, -0.2) is 4.98 Å². The van der Waals surface area contributed by atoms with Gasteiger partial charge in [-0.1, -0.05) is 24.1 Å². The molecule has 0 saturated heterocycles. The standard InChI is InChI=1S/C19H17ClN2O2/c1-11-5-8-17-16(9-11)22-19(24-17)14-10-13(6-7-15(14)20)21-18(23)12-3-2-4-12/h5-10,12H,2-4H2,1H3,(H,21,23). The maximum Gasteiger partial charge on any atom is 0.228 e. The molecule has 1 aliphatic rings. The molecule has 122 valence electrons. The fourth-order valence-electron chi connectivity index (χ4n) is 2.83. The molecule has 3 aromatic rings. The number of aromatic nitrogens is 1. The van der Waals surface area contributed by atoms with E-state index in [0.717, 1.165) is 35.9 Å². The Hall–Kier alpha value is -2.33. The average molecular weight is 341 g/mol. The first-order chi connectivity index (χ1) is 11.6. The minimum absolute atomic E-state index is 0.0720. The van der Waals surface area contributed by atoms with Crippen LogP contribution in [0.4, 0.5) is 5.69 Å². The van der Waals surface area contributed by atoms with Crippen LogP contribution in [0.25, 0.3) is 22.6 Å². The number of benzene rings is 2. The van der Waals surface area contributed by atoms with Crippen molar-refractivity contribution in [1.82, 2.24) is 4.98 Å². The molecule has 1 aromatic heterocycles. The third-order valence-electron chi connectivity index (χ3n) is 4.48. The molecule has 0 atom stereocenters. The number of nitrogens with zero attached hydrogens (tertiary/aromatic N) is 1. The molecule has 0 radical (unpaired) electrons. The molecular weight excluding hydrogens is 324 g/mol. The molecule has 1 N–H and O–H groups in total. The summed E-state index contributed by atoms with van der Waals surface area (Å²) in [5, 5.41) is 3.50. The number of hydrogen-bond donors (Lipinski definition) is 1. The second kappa shape index (κ2) is 5.95. The lowest BCUT2D eigenvalue weighted by atomic mass is 9.85. The van der Waals surface area contributed by atoms with Crippen LogP contribution < -0.4 is 5.32 Å². The normalized spacial score (nSPS) is 14.6. The topological polar surface area (TPSA) is 55.1 Å². The van der Waals surface area contributed by atoms with E-state index in [1.165, 1.54) is 0 Å². The van der Waals surface area contributed by atoms with Gasteiger partial charge < -0.3 is 9.73 Å². The third kappa shape index (κ3) is 2.78. The maximum atomic E-state index is 12.1. The number of aryl methyl sites for hydroxylation is 1. The highest BCUT2D eigenvalue weighted by Crippen LogP contribution is 2.33. The molecule has 4 nitrogen and oxygen atoms in total. The molecule has 0 unspecified atom stereocenters. The van der Waals surface area contributed by atoms with Gasteiger partial charge >= 0.3 is 0 Å². The van der Waals surface area contributed by atoms with E-state index >= 15 is 0 Å². The van der Waals surface area contributed by atoms with Crippen molar-refractivity contribution in [2.24, 2.45) is 5.92 Å². The van der Waals surface area contributed by atoms with Crippen LogP contribution in [0, 0.1) is 12.8 Å². The van der Waals surface area contributed by atoms with E-state index in [2.05, 4.69) is 10.3 Å². The number of nitrogens with one attached hydrogen (secondary N) is 1. The van der Waals surface area contributed by atoms with Crippen LogP contribution in [-0.2, 0) is 4.79 Å². The number of amides is 1. The highest BCUT2D eigenvalue weighted by molar-refractivity contribution is 6.33. The summed E-state index contributed by atoms with van der Waals surface area (Å²) in [6.45, 7) is 2.01. The molecule has 5 heteroatoms. The summed E-state index contributed by atoms with van der Waals surface area (Å²) in [7, 11) is 0. The highest BCUT2D eigenvalue weighted by atomic mass is 35.5. The molecular formula is C19H17ClN2O2. The van der Waals surface area contributed by atoms with Crippen molar-refractivity contribution in [1.29, 1.82) is 0 Å². The quantitative estimate of drug-likeness (QED) is 0.713. The van der Waals surface area contributed by atoms with Crippen LogP contribution >= 0.6 is 11.6 Å². The Balaban J connectivity index is 1.67. The molecule has 0 bridgehead atoms. The van der Waals surface area contributed by atoms with E-state index in [0.29, 0.717) is 22.2 Å². The Morgan fingerprint density at radius 2 is 2.08 bits per heavy atom. The van der Waals surface area contributed by atoms with Crippen LogP contribution in [0.2, 0.25) is 5.02 Å². The van der Waals surface area contributed by atoms with Gasteiger partial charge in [-0.05, 0) is 55.7 Å². The Kier molecular flexibility index (Phi) is 3.77. The van der Waals surface area contributed by atoms with Gasteiger partial charge in [-0.2, -0.15) is 0 Å². The fourth-order valence-corrected chi connectivity index (χ4v) is 3.03. The third-order valence-corrected chi connectivity index (χ3v) is 4.81. The molecule has 0 spiro atoms. The van der Waals surface area contributed by atoms with E-state index in [1.807, 2.05) is 31.2 Å². The fraction of sp³-hybridized carbons (Fsp3) is 0.263. The zero-order chi connectivity index (χ0) is 16.7. The molecule has 1 heterocycles. The summed E-state index contributed by atoms with van der Waals surface area (Å²) in [4.78, 5) is 16.6. The van der Waals surface area contributed by atoms with Gasteiger partial charge in [0, 0.05) is 11.6 Å². The van der Waals surface area contributed by atoms with Crippen molar-refractivity contribution in [2.75, 3.05) is 5.32 Å². The van der Waals surface area contributed by atoms with Gasteiger partial charge in [-0.15, -0.1) is 0 Å². The van der Waals surface area contributed by atoms with E-state index < -0.39 is 0 Å². The van der Waals surface area contributed by atoms with E-state index in [4.69, 9.17) is 16.0 Å². The largest absolute Gasteiger partial charge is 0.436 e. The second-order valence-corrected chi connectivity index (χ2v) is 6.71. The monoisotopic (exact) mass is 340 g/mol. The number of carbonyl (C=O) groups is 1. The smallest absolute Gasteiger partial charge is 0.228 e. The highest BCUT2D eigenvalue weighted by Gasteiger charge is 2.25. The summed E-state index contributed by atoms with van der Waals surface area (Å²) in [6, 6.07) is 11.2. The zero-order valence-corrected chi connectivity index (χ0v) is 14.1. The first kappa shape index (κ1) is 15.2. The summed E-state index contributed by atoms with van der Waals surface area (Å²) < 4.78 is 5.82. The van der Waals surface area contributed by atoms with E-state index in [9.17, 15) is 4.79 Å². The van der Waals surface area contributed by atoms with Gasteiger partial charge in [0.25, 0.3) is 0 Å². The Morgan fingerprint density at radius 3 is 2.83 bits per heavy atom. The van der Waals surface area contributed by atoms with Gasteiger partial charge in [0.1, 0.15) is 5.52 Å². The lowest BCUT2D eigenvalue weighted by molar-refractivity contribution is -0.122. The molecule has 24 heavy (non-hydrogen) atoms. The minimum Gasteiger partial charge on any atom is -0.436 e. The van der Waals surface area contributed by atoms with Gasteiger partial charge in [0.15, 0.2) is 5.58 Å². The van der Waals surface area contributed by atoms with Crippen molar-refractivity contribution in [2.45, 2.75) is 26.2 Å². The lowest BCUT2D eigenvalue weighted by Crippen LogP contribution is -2.28. The summed E-state index contributed by atoms with van der Waals surface area (Å²) in [5.41, 5.74) is 4.03. The van der Waals surface area contributed by atoms with Gasteiger partial charge in [-0.3, -0.25) is 4.79 Å². The average Bonchev–Trinajstić information content (AvgIpc) is 2.90. The number of oxazole rings is 1. The Morgan fingerprint density at radius 1 is 1.25 bits per heavy atom. The van der Waals surface area contributed by atoms with Crippen molar-refractivity contribution in [3.63, 3.8) is 0 Å². The van der Waals surface area contributed by atoms with Crippen molar-refractivity contribution >= 4 is 34.3 Å². The zero-order valence-electron chi connectivity index (χ0n) is 13.3. The molecule has 1 aliphatic carbocycles. The predicted molar refractivity (Wildman–Crippen MR) is 95.2 cm³/mol.